The van der Waals surface area contributed by atoms with Crippen LogP contribution in [0.15, 0.2) is 83.8 Å². The fourth-order valence-electron chi connectivity index (χ4n) is 4.03. The molecule has 184 valence electrons. The molecule has 1 atom stereocenters. The Kier molecular flexibility index (Phi) is 7.85. The number of nitrogens with one attached hydrogen (secondary N) is 1. The number of ether oxygens (including phenoxy) is 1. The second-order valence-corrected chi connectivity index (χ2v) is 10.7. The van der Waals surface area contributed by atoms with E-state index in [9.17, 15) is 13.2 Å². The van der Waals surface area contributed by atoms with Crippen molar-refractivity contribution in [1.82, 2.24) is 10.2 Å². The molecule has 1 fully saturated rings. The summed E-state index contributed by atoms with van der Waals surface area (Å²) >= 11 is 0. The molecule has 8 heteroatoms. The highest BCUT2D eigenvalue weighted by Gasteiger charge is 2.23. The van der Waals surface area contributed by atoms with Gasteiger partial charge in [-0.05, 0) is 48.9 Å². The van der Waals surface area contributed by atoms with E-state index in [1.54, 1.807) is 48.5 Å². The maximum atomic E-state index is 13.1. The van der Waals surface area contributed by atoms with Gasteiger partial charge in [-0.1, -0.05) is 48.0 Å². The van der Waals surface area contributed by atoms with Gasteiger partial charge in [0, 0.05) is 32.2 Å². The Morgan fingerprint density at radius 2 is 1.60 bits per heavy atom. The maximum Gasteiger partial charge on any atom is 0.264 e. The molecule has 0 bridgehead atoms. The van der Waals surface area contributed by atoms with Gasteiger partial charge in [0.25, 0.3) is 15.9 Å². The topological polar surface area (TPSA) is 79.0 Å². The SMILES string of the molecule is Cc1ccc(S(=O)(=O)N(C)c2ccc(C(=O)N[C@@H](CN3CCOCC3)c3ccccc3)cc2)cc1. The predicted octanol–water partition coefficient (Wildman–Crippen LogP) is 3.62. The van der Waals surface area contributed by atoms with E-state index in [2.05, 4.69) is 10.2 Å². The van der Waals surface area contributed by atoms with Crippen LogP contribution in [0.25, 0.3) is 0 Å². The molecule has 1 amide bonds. The van der Waals surface area contributed by atoms with E-state index in [0.29, 0.717) is 31.0 Å². The lowest BCUT2D eigenvalue weighted by molar-refractivity contribution is 0.0332. The zero-order valence-corrected chi connectivity index (χ0v) is 20.9. The van der Waals surface area contributed by atoms with Crippen molar-refractivity contribution in [3.05, 3.63) is 95.6 Å². The molecule has 1 N–H and O–H groups in total. The highest BCUT2D eigenvalue weighted by atomic mass is 32.2. The van der Waals surface area contributed by atoms with Crippen LogP contribution in [0, 0.1) is 6.92 Å². The molecule has 1 aliphatic rings. The number of rotatable bonds is 8. The van der Waals surface area contributed by atoms with Gasteiger partial charge in [-0.3, -0.25) is 14.0 Å². The third-order valence-corrected chi connectivity index (χ3v) is 8.02. The number of hydrogen-bond acceptors (Lipinski definition) is 5. The summed E-state index contributed by atoms with van der Waals surface area (Å²) in [6, 6.07) is 23.1. The number of amides is 1. The van der Waals surface area contributed by atoms with Crippen LogP contribution in [0.3, 0.4) is 0 Å². The molecular formula is C27H31N3O4S. The standard InChI is InChI=1S/C27H31N3O4S/c1-21-8-14-25(15-9-21)35(32,33)29(2)24-12-10-23(11-13-24)27(31)28-26(22-6-4-3-5-7-22)20-30-16-18-34-19-17-30/h3-15,26H,16-20H2,1-2H3,(H,28,31)/t26-/m0/s1. The summed E-state index contributed by atoms with van der Waals surface area (Å²) in [4.78, 5) is 15.6. The third-order valence-electron chi connectivity index (χ3n) is 6.22. The van der Waals surface area contributed by atoms with Crippen LogP contribution in [0.1, 0.15) is 27.5 Å². The van der Waals surface area contributed by atoms with Gasteiger partial charge in [0.2, 0.25) is 0 Å². The first-order chi connectivity index (χ1) is 16.8. The Bertz CT molecular complexity index is 1220. The summed E-state index contributed by atoms with van der Waals surface area (Å²) in [5.74, 6) is -0.206. The summed E-state index contributed by atoms with van der Waals surface area (Å²) in [5, 5.41) is 3.15. The number of carbonyl (C=O) groups excluding carboxylic acids is 1. The molecular weight excluding hydrogens is 462 g/mol. The molecule has 0 aliphatic carbocycles. The molecule has 1 saturated heterocycles. The minimum Gasteiger partial charge on any atom is -0.379 e. The van der Waals surface area contributed by atoms with Crippen LogP contribution in [0.4, 0.5) is 5.69 Å². The Morgan fingerprint density at radius 1 is 0.971 bits per heavy atom. The van der Waals surface area contributed by atoms with Crippen LogP contribution >= 0.6 is 0 Å². The van der Waals surface area contributed by atoms with Crippen molar-refractivity contribution in [2.45, 2.75) is 17.9 Å². The molecule has 35 heavy (non-hydrogen) atoms. The predicted molar refractivity (Wildman–Crippen MR) is 137 cm³/mol. The van der Waals surface area contributed by atoms with E-state index in [1.165, 1.54) is 11.4 Å². The van der Waals surface area contributed by atoms with Crippen molar-refractivity contribution in [3.8, 4) is 0 Å². The first-order valence-corrected chi connectivity index (χ1v) is 13.1. The average molecular weight is 494 g/mol. The van der Waals surface area contributed by atoms with E-state index in [0.717, 1.165) is 24.2 Å². The van der Waals surface area contributed by atoms with Gasteiger partial charge in [0.15, 0.2) is 0 Å². The van der Waals surface area contributed by atoms with Crippen molar-refractivity contribution < 1.29 is 17.9 Å². The van der Waals surface area contributed by atoms with E-state index in [4.69, 9.17) is 4.74 Å². The number of aryl methyl sites for hydroxylation is 1. The Hall–Kier alpha value is -3.20. The maximum absolute atomic E-state index is 13.1. The van der Waals surface area contributed by atoms with Crippen molar-refractivity contribution in [2.75, 3.05) is 44.2 Å². The monoisotopic (exact) mass is 493 g/mol. The Morgan fingerprint density at radius 3 is 2.23 bits per heavy atom. The van der Waals surface area contributed by atoms with Gasteiger partial charge in [0.05, 0.1) is 29.8 Å². The van der Waals surface area contributed by atoms with E-state index in [1.807, 2.05) is 37.3 Å². The summed E-state index contributed by atoms with van der Waals surface area (Å²) in [6.45, 7) is 5.64. The fourth-order valence-corrected chi connectivity index (χ4v) is 5.23. The third kappa shape index (κ3) is 6.08. The van der Waals surface area contributed by atoms with Gasteiger partial charge in [0.1, 0.15) is 0 Å². The molecule has 0 spiro atoms. The number of nitrogens with zero attached hydrogens (tertiary/aromatic N) is 2. The molecule has 1 heterocycles. The quantitative estimate of drug-likeness (QED) is 0.519. The molecule has 4 rings (SSSR count). The highest BCUT2D eigenvalue weighted by Crippen LogP contribution is 2.23. The van der Waals surface area contributed by atoms with Crippen LogP contribution in [-0.2, 0) is 14.8 Å². The zero-order chi connectivity index (χ0) is 24.8. The van der Waals surface area contributed by atoms with Crippen molar-refractivity contribution in [2.24, 2.45) is 0 Å². The van der Waals surface area contributed by atoms with Crippen molar-refractivity contribution in [1.29, 1.82) is 0 Å². The van der Waals surface area contributed by atoms with E-state index in [-0.39, 0.29) is 16.8 Å². The van der Waals surface area contributed by atoms with Gasteiger partial charge in [-0.25, -0.2) is 8.42 Å². The number of hydrogen-bond donors (Lipinski definition) is 1. The highest BCUT2D eigenvalue weighted by molar-refractivity contribution is 7.92. The minimum atomic E-state index is -3.70. The lowest BCUT2D eigenvalue weighted by Gasteiger charge is -2.31. The Balaban J connectivity index is 1.48. The van der Waals surface area contributed by atoms with Gasteiger partial charge < -0.3 is 10.1 Å². The summed E-state index contributed by atoms with van der Waals surface area (Å²) < 4.78 is 32.7. The zero-order valence-electron chi connectivity index (χ0n) is 20.1. The first-order valence-electron chi connectivity index (χ1n) is 11.7. The van der Waals surface area contributed by atoms with Crippen molar-refractivity contribution in [3.63, 3.8) is 0 Å². The second-order valence-electron chi connectivity index (χ2n) is 8.68. The second kappa shape index (κ2) is 11.0. The molecule has 0 saturated carbocycles. The van der Waals surface area contributed by atoms with E-state index < -0.39 is 10.0 Å². The minimum absolute atomic E-state index is 0.175. The van der Waals surface area contributed by atoms with E-state index >= 15 is 0 Å². The lowest BCUT2D eigenvalue weighted by atomic mass is 10.1. The largest absolute Gasteiger partial charge is 0.379 e. The van der Waals surface area contributed by atoms with Crippen molar-refractivity contribution >= 4 is 21.6 Å². The molecule has 1 aliphatic heterocycles. The molecule has 0 unspecified atom stereocenters. The summed E-state index contributed by atoms with van der Waals surface area (Å²) in [7, 11) is -2.18. The van der Waals surface area contributed by atoms with Crippen LogP contribution in [-0.4, -0.2) is 59.1 Å². The smallest absolute Gasteiger partial charge is 0.264 e. The summed E-state index contributed by atoms with van der Waals surface area (Å²) in [6.07, 6.45) is 0. The van der Waals surface area contributed by atoms with Crippen LogP contribution in [0.5, 0.6) is 0 Å². The number of anilines is 1. The molecule has 0 aromatic heterocycles. The Labute approximate surface area is 207 Å². The summed E-state index contributed by atoms with van der Waals surface area (Å²) in [5.41, 5.74) is 2.98. The van der Waals surface area contributed by atoms with Gasteiger partial charge >= 0.3 is 0 Å². The molecule has 3 aromatic rings. The fraction of sp³-hybridized carbons (Fsp3) is 0.296. The van der Waals surface area contributed by atoms with Gasteiger partial charge in [-0.15, -0.1) is 0 Å². The average Bonchev–Trinajstić information content (AvgIpc) is 2.89. The number of benzene rings is 3. The lowest BCUT2D eigenvalue weighted by Crippen LogP contribution is -2.43. The normalized spacial score (nSPS) is 15.4. The number of carbonyl (C=O) groups is 1. The molecule has 0 radical (unpaired) electrons. The number of sulfonamides is 1. The first kappa shape index (κ1) is 24.9. The molecule has 3 aromatic carbocycles. The molecule has 7 nitrogen and oxygen atoms in total. The van der Waals surface area contributed by atoms with Gasteiger partial charge in [-0.2, -0.15) is 0 Å². The number of morpholine rings is 1. The van der Waals surface area contributed by atoms with Crippen LogP contribution in [0.2, 0.25) is 0 Å². The van der Waals surface area contributed by atoms with Crippen LogP contribution < -0.4 is 9.62 Å².